The van der Waals surface area contributed by atoms with Crippen LogP contribution in [0.1, 0.15) is 17.3 Å². The van der Waals surface area contributed by atoms with Crippen molar-refractivity contribution in [3.63, 3.8) is 0 Å². The highest BCUT2D eigenvalue weighted by Crippen LogP contribution is 2.32. The molecular formula is C21H22N4O. The summed E-state index contributed by atoms with van der Waals surface area (Å²) in [6.45, 7) is 3.45. The molecule has 5 heteroatoms. The first-order valence-electron chi connectivity index (χ1n) is 8.94. The second kappa shape index (κ2) is 8.06. The smallest absolute Gasteiger partial charge is 0.137 e. The van der Waals surface area contributed by atoms with Crippen LogP contribution in [0.5, 0.6) is 5.75 Å². The lowest BCUT2D eigenvalue weighted by molar-refractivity contribution is 0.231. The van der Waals surface area contributed by atoms with Gasteiger partial charge in [0.2, 0.25) is 0 Å². The summed E-state index contributed by atoms with van der Waals surface area (Å²) in [6, 6.07) is 16.1. The van der Waals surface area contributed by atoms with E-state index in [0.29, 0.717) is 18.4 Å². The fourth-order valence-corrected chi connectivity index (χ4v) is 3.55. The minimum atomic E-state index is 0.358. The number of pyridine rings is 3. The Bertz CT molecular complexity index is 798. The van der Waals surface area contributed by atoms with Gasteiger partial charge >= 0.3 is 0 Å². The first-order chi connectivity index (χ1) is 12.9. The van der Waals surface area contributed by atoms with Crippen LogP contribution in [0, 0.1) is 5.92 Å². The molecule has 4 rings (SSSR count). The Morgan fingerprint density at radius 1 is 0.923 bits per heavy atom. The molecule has 26 heavy (non-hydrogen) atoms. The number of rotatable bonds is 6. The molecule has 3 aromatic rings. The van der Waals surface area contributed by atoms with Crippen LogP contribution in [0.25, 0.3) is 0 Å². The van der Waals surface area contributed by atoms with E-state index in [1.54, 1.807) is 12.4 Å². The van der Waals surface area contributed by atoms with Gasteiger partial charge in [-0.25, -0.2) is 0 Å². The van der Waals surface area contributed by atoms with Crippen LogP contribution >= 0.6 is 0 Å². The summed E-state index contributed by atoms with van der Waals surface area (Å²) >= 11 is 0. The molecule has 1 aliphatic rings. The first-order valence-corrected chi connectivity index (χ1v) is 8.94. The van der Waals surface area contributed by atoms with Gasteiger partial charge in [-0.2, -0.15) is 0 Å². The lowest BCUT2D eigenvalue weighted by Crippen LogP contribution is -2.22. The minimum Gasteiger partial charge on any atom is -0.492 e. The van der Waals surface area contributed by atoms with E-state index in [-0.39, 0.29) is 0 Å². The van der Waals surface area contributed by atoms with Gasteiger partial charge in [-0.1, -0.05) is 12.1 Å². The molecule has 0 spiro atoms. The quantitative estimate of drug-likeness (QED) is 0.686. The SMILES string of the molecule is c1ccc(CN2C[C@@H](COc3cccnc3)[C@H](c3ccccn3)C2)nc1. The van der Waals surface area contributed by atoms with Gasteiger partial charge in [0.15, 0.2) is 0 Å². The Morgan fingerprint density at radius 3 is 2.54 bits per heavy atom. The van der Waals surface area contributed by atoms with Crippen LogP contribution in [-0.4, -0.2) is 39.5 Å². The van der Waals surface area contributed by atoms with Crippen LogP contribution in [-0.2, 0) is 6.54 Å². The molecule has 2 atom stereocenters. The molecule has 0 aliphatic carbocycles. The molecule has 132 valence electrons. The van der Waals surface area contributed by atoms with E-state index in [1.807, 2.05) is 42.7 Å². The predicted octanol–water partition coefficient (Wildman–Crippen LogP) is 3.17. The van der Waals surface area contributed by atoms with Gasteiger partial charge < -0.3 is 4.74 Å². The molecule has 1 fully saturated rings. The van der Waals surface area contributed by atoms with Gasteiger partial charge in [0.25, 0.3) is 0 Å². The van der Waals surface area contributed by atoms with Crippen molar-refractivity contribution >= 4 is 0 Å². The van der Waals surface area contributed by atoms with Crippen LogP contribution in [0.4, 0.5) is 0 Å². The monoisotopic (exact) mass is 346 g/mol. The fourth-order valence-electron chi connectivity index (χ4n) is 3.55. The van der Waals surface area contributed by atoms with Gasteiger partial charge in [0.05, 0.1) is 18.5 Å². The molecule has 5 nitrogen and oxygen atoms in total. The molecule has 0 saturated carbocycles. The molecule has 3 aromatic heterocycles. The summed E-state index contributed by atoms with van der Waals surface area (Å²) in [4.78, 5) is 15.6. The van der Waals surface area contributed by atoms with Gasteiger partial charge in [0.1, 0.15) is 5.75 Å². The number of nitrogens with zero attached hydrogens (tertiary/aromatic N) is 4. The van der Waals surface area contributed by atoms with Crippen molar-refractivity contribution in [1.82, 2.24) is 19.9 Å². The van der Waals surface area contributed by atoms with E-state index in [0.717, 1.165) is 36.8 Å². The van der Waals surface area contributed by atoms with Gasteiger partial charge in [-0.05, 0) is 36.4 Å². The lowest BCUT2D eigenvalue weighted by atomic mass is 9.93. The topological polar surface area (TPSA) is 51.1 Å². The molecule has 0 unspecified atom stereocenters. The number of hydrogen-bond acceptors (Lipinski definition) is 5. The summed E-state index contributed by atoms with van der Waals surface area (Å²) in [6.07, 6.45) is 7.24. The third kappa shape index (κ3) is 4.06. The van der Waals surface area contributed by atoms with Crippen molar-refractivity contribution in [3.8, 4) is 5.75 Å². The van der Waals surface area contributed by atoms with E-state index >= 15 is 0 Å². The minimum absolute atomic E-state index is 0.358. The van der Waals surface area contributed by atoms with E-state index < -0.39 is 0 Å². The fraction of sp³-hybridized carbons (Fsp3) is 0.286. The second-order valence-corrected chi connectivity index (χ2v) is 6.64. The first kappa shape index (κ1) is 16.7. The second-order valence-electron chi connectivity index (χ2n) is 6.64. The van der Waals surface area contributed by atoms with E-state index in [4.69, 9.17) is 4.74 Å². The average Bonchev–Trinajstić information content (AvgIpc) is 3.11. The number of likely N-dealkylation sites (tertiary alicyclic amines) is 1. The molecule has 1 aliphatic heterocycles. The van der Waals surface area contributed by atoms with E-state index in [9.17, 15) is 0 Å². The number of hydrogen-bond donors (Lipinski definition) is 0. The Hall–Kier alpha value is -2.79. The lowest BCUT2D eigenvalue weighted by Gasteiger charge is -2.18. The van der Waals surface area contributed by atoms with E-state index in [2.05, 4.69) is 38.1 Å². The molecule has 0 bridgehead atoms. The van der Waals surface area contributed by atoms with Crippen molar-refractivity contribution in [2.75, 3.05) is 19.7 Å². The Balaban J connectivity index is 1.47. The zero-order valence-corrected chi connectivity index (χ0v) is 14.6. The van der Waals surface area contributed by atoms with Crippen molar-refractivity contribution in [2.24, 2.45) is 5.92 Å². The maximum atomic E-state index is 6.01. The maximum absolute atomic E-state index is 6.01. The van der Waals surface area contributed by atoms with Crippen LogP contribution in [0.2, 0.25) is 0 Å². The summed E-state index contributed by atoms with van der Waals surface area (Å²) in [5.74, 6) is 1.56. The highest BCUT2D eigenvalue weighted by Gasteiger charge is 2.35. The third-order valence-corrected chi connectivity index (χ3v) is 4.79. The highest BCUT2D eigenvalue weighted by molar-refractivity contribution is 5.17. The number of aromatic nitrogens is 3. The van der Waals surface area contributed by atoms with Crippen molar-refractivity contribution in [1.29, 1.82) is 0 Å². The highest BCUT2D eigenvalue weighted by atomic mass is 16.5. The molecule has 0 aromatic carbocycles. The predicted molar refractivity (Wildman–Crippen MR) is 99.7 cm³/mol. The zero-order chi connectivity index (χ0) is 17.6. The molecule has 1 saturated heterocycles. The Kier molecular flexibility index (Phi) is 5.17. The summed E-state index contributed by atoms with van der Waals surface area (Å²) in [5, 5.41) is 0. The van der Waals surface area contributed by atoms with Crippen molar-refractivity contribution in [2.45, 2.75) is 12.5 Å². The molecule has 4 heterocycles. The van der Waals surface area contributed by atoms with Crippen LogP contribution < -0.4 is 4.74 Å². The van der Waals surface area contributed by atoms with Gasteiger partial charge in [-0.3, -0.25) is 19.9 Å². The maximum Gasteiger partial charge on any atom is 0.137 e. The van der Waals surface area contributed by atoms with Crippen LogP contribution in [0.3, 0.4) is 0 Å². The summed E-state index contributed by atoms with van der Waals surface area (Å²) < 4.78 is 6.01. The number of ether oxygens (including phenoxy) is 1. The molecular weight excluding hydrogens is 324 g/mol. The van der Waals surface area contributed by atoms with Crippen molar-refractivity contribution in [3.05, 3.63) is 84.7 Å². The van der Waals surface area contributed by atoms with Gasteiger partial charge in [0, 0.05) is 55.8 Å². The van der Waals surface area contributed by atoms with Crippen molar-refractivity contribution < 1.29 is 4.74 Å². The molecule has 0 N–H and O–H groups in total. The third-order valence-electron chi connectivity index (χ3n) is 4.79. The summed E-state index contributed by atoms with van der Waals surface area (Å²) in [5.41, 5.74) is 2.23. The largest absolute Gasteiger partial charge is 0.492 e. The van der Waals surface area contributed by atoms with Gasteiger partial charge in [-0.15, -0.1) is 0 Å². The molecule has 0 amide bonds. The Morgan fingerprint density at radius 2 is 1.81 bits per heavy atom. The standard InChI is InChI=1S/C21H22N4O/c1-3-10-23-18(6-1)14-25-13-17(16-26-19-7-5-9-22-12-19)20(15-25)21-8-2-4-11-24-21/h1-12,17,20H,13-16H2/t17-,20+/m0/s1. The normalized spacial score (nSPS) is 20.2. The van der Waals surface area contributed by atoms with Crippen LogP contribution in [0.15, 0.2) is 73.3 Å². The summed E-state index contributed by atoms with van der Waals surface area (Å²) in [7, 11) is 0. The van der Waals surface area contributed by atoms with E-state index in [1.165, 1.54) is 0 Å². The zero-order valence-electron chi connectivity index (χ0n) is 14.6. The average molecular weight is 346 g/mol. The Labute approximate surface area is 153 Å². The molecule has 0 radical (unpaired) electrons.